The second-order valence-corrected chi connectivity index (χ2v) is 5.37. The van der Waals surface area contributed by atoms with E-state index in [1.54, 1.807) is 43.4 Å². The quantitative estimate of drug-likeness (QED) is 0.725. The Bertz CT molecular complexity index is 927. The maximum atomic E-state index is 13.1. The molecule has 0 fully saturated rings. The number of nitrogens with two attached hydrogens (primary N) is 1. The van der Waals surface area contributed by atoms with E-state index in [1.807, 2.05) is 0 Å². The molecule has 130 valence electrons. The van der Waals surface area contributed by atoms with E-state index >= 15 is 0 Å². The third kappa shape index (κ3) is 3.15. The Kier molecular flexibility index (Phi) is 4.12. The molecule has 3 aromatic rings. The van der Waals surface area contributed by atoms with Gasteiger partial charge in [0.2, 0.25) is 5.82 Å². The summed E-state index contributed by atoms with van der Waals surface area (Å²) in [6, 6.07) is 11.5. The van der Waals surface area contributed by atoms with Crippen LogP contribution in [-0.2, 0) is 6.18 Å². The van der Waals surface area contributed by atoms with Gasteiger partial charge in [-0.1, -0.05) is 12.1 Å². The summed E-state index contributed by atoms with van der Waals surface area (Å²) in [4.78, 5) is 8.90. The van der Waals surface area contributed by atoms with Gasteiger partial charge in [-0.25, -0.2) is 9.97 Å². The molecule has 0 bridgehead atoms. The lowest BCUT2D eigenvalue weighted by atomic mass is 10.2. The molecule has 0 aliphatic heterocycles. The molecule has 0 aliphatic rings. The van der Waals surface area contributed by atoms with Crippen LogP contribution in [0, 0.1) is 0 Å². The summed E-state index contributed by atoms with van der Waals surface area (Å²) >= 11 is 0. The molecule has 1 aromatic heterocycles. The number of anilines is 3. The Labute approximate surface area is 141 Å². The van der Waals surface area contributed by atoms with E-state index in [2.05, 4.69) is 9.97 Å². The minimum Gasteiger partial charge on any atom is -0.495 e. The molecule has 0 spiro atoms. The minimum absolute atomic E-state index is 0.141. The highest BCUT2D eigenvalue weighted by atomic mass is 19.4. The highest BCUT2D eigenvalue weighted by Gasteiger charge is 2.36. The van der Waals surface area contributed by atoms with Crippen LogP contribution in [0.15, 0.2) is 42.5 Å². The molecule has 8 heteroatoms. The van der Waals surface area contributed by atoms with Crippen LogP contribution < -0.4 is 15.4 Å². The minimum atomic E-state index is -4.64. The van der Waals surface area contributed by atoms with E-state index in [1.165, 1.54) is 18.1 Å². The Balaban J connectivity index is 2.18. The molecule has 0 saturated carbocycles. The van der Waals surface area contributed by atoms with Crippen LogP contribution in [0.4, 0.5) is 30.4 Å². The van der Waals surface area contributed by atoms with Crippen LogP contribution in [0.3, 0.4) is 0 Å². The first-order chi connectivity index (χ1) is 11.8. The summed E-state index contributed by atoms with van der Waals surface area (Å²) in [5.41, 5.74) is 7.07. The van der Waals surface area contributed by atoms with Crippen molar-refractivity contribution in [3.63, 3.8) is 0 Å². The van der Waals surface area contributed by atoms with Crippen LogP contribution in [0.5, 0.6) is 5.75 Å². The van der Waals surface area contributed by atoms with Crippen molar-refractivity contribution in [3.8, 4) is 5.75 Å². The largest absolute Gasteiger partial charge is 0.495 e. The normalized spacial score (nSPS) is 11.6. The predicted molar refractivity (Wildman–Crippen MR) is 90.0 cm³/mol. The second kappa shape index (κ2) is 6.12. The van der Waals surface area contributed by atoms with Crippen LogP contribution in [0.2, 0.25) is 0 Å². The molecule has 2 N–H and O–H groups in total. The van der Waals surface area contributed by atoms with Crippen LogP contribution in [0.25, 0.3) is 10.9 Å². The van der Waals surface area contributed by atoms with E-state index in [0.717, 1.165) is 0 Å². The first-order valence-electron chi connectivity index (χ1n) is 7.32. The second-order valence-electron chi connectivity index (χ2n) is 5.37. The maximum Gasteiger partial charge on any atom is 0.451 e. The molecule has 0 saturated heterocycles. The van der Waals surface area contributed by atoms with Crippen molar-refractivity contribution in [2.45, 2.75) is 6.18 Å². The highest BCUT2D eigenvalue weighted by Crippen LogP contribution is 2.35. The summed E-state index contributed by atoms with van der Waals surface area (Å²) < 4.78 is 44.5. The number of methoxy groups -OCH3 is 1. The summed E-state index contributed by atoms with van der Waals surface area (Å²) in [5, 5.41) is 0.507. The number of rotatable bonds is 3. The molecule has 0 unspecified atom stereocenters. The van der Waals surface area contributed by atoms with Gasteiger partial charge in [0.25, 0.3) is 0 Å². The molecule has 1 heterocycles. The fourth-order valence-electron chi connectivity index (χ4n) is 2.49. The van der Waals surface area contributed by atoms with Gasteiger partial charge in [-0.3, -0.25) is 0 Å². The first-order valence-corrected chi connectivity index (χ1v) is 7.32. The van der Waals surface area contributed by atoms with Crippen LogP contribution in [0.1, 0.15) is 5.82 Å². The van der Waals surface area contributed by atoms with Gasteiger partial charge in [-0.15, -0.1) is 0 Å². The summed E-state index contributed by atoms with van der Waals surface area (Å²) in [6.07, 6.45) is -4.64. The van der Waals surface area contributed by atoms with Crippen molar-refractivity contribution in [1.82, 2.24) is 9.97 Å². The van der Waals surface area contributed by atoms with Gasteiger partial charge in [0.15, 0.2) is 0 Å². The number of hydrogen-bond acceptors (Lipinski definition) is 5. The average molecular weight is 348 g/mol. The van der Waals surface area contributed by atoms with Gasteiger partial charge in [-0.05, 0) is 30.3 Å². The Morgan fingerprint density at radius 1 is 1.08 bits per heavy atom. The molecule has 0 atom stereocenters. The number of fused-ring (bicyclic) bond motifs is 1. The molecular formula is C17H15F3N4O. The standard InChI is InChI=1S/C17H15F3N4O/c1-24(10-7-8-14(25-2)12(21)9-10)15-11-5-3-4-6-13(11)22-16(23-15)17(18,19)20/h3-9H,21H2,1-2H3. The van der Waals surface area contributed by atoms with E-state index in [-0.39, 0.29) is 11.3 Å². The first kappa shape index (κ1) is 16.8. The maximum absolute atomic E-state index is 13.1. The van der Waals surface area contributed by atoms with Gasteiger partial charge >= 0.3 is 6.18 Å². The van der Waals surface area contributed by atoms with Crippen LogP contribution >= 0.6 is 0 Å². The lowest BCUT2D eigenvalue weighted by Gasteiger charge is -2.22. The molecule has 0 radical (unpaired) electrons. The zero-order valence-electron chi connectivity index (χ0n) is 13.5. The number of nitrogen functional groups attached to an aromatic ring is 1. The highest BCUT2D eigenvalue weighted by molar-refractivity contribution is 5.91. The van der Waals surface area contributed by atoms with E-state index < -0.39 is 12.0 Å². The number of nitrogens with zero attached hydrogens (tertiary/aromatic N) is 3. The number of para-hydroxylation sites is 1. The number of ether oxygens (including phenoxy) is 1. The Morgan fingerprint density at radius 3 is 2.44 bits per heavy atom. The van der Waals surface area contributed by atoms with Crippen molar-refractivity contribution in [3.05, 3.63) is 48.3 Å². The topological polar surface area (TPSA) is 64.3 Å². The summed E-state index contributed by atoms with van der Waals surface area (Å²) in [5.74, 6) is -0.558. The molecule has 5 nitrogen and oxygen atoms in total. The van der Waals surface area contributed by atoms with E-state index in [0.29, 0.717) is 22.5 Å². The summed E-state index contributed by atoms with van der Waals surface area (Å²) in [7, 11) is 3.11. The van der Waals surface area contributed by atoms with Crippen LogP contribution in [-0.4, -0.2) is 24.1 Å². The van der Waals surface area contributed by atoms with Crippen molar-refractivity contribution in [2.75, 3.05) is 24.8 Å². The number of hydrogen-bond donors (Lipinski definition) is 1. The van der Waals surface area contributed by atoms with Gasteiger partial charge in [0.05, 0.1) is 18.3 Å². The zero-order chi connectivity index (χ0) is 18.2. The fraction of sp³-hybridized carbons (Fsp3) is 0.176. The van der Waals surface area contributed by atoms with Crippen molar-refractivity contribution in [1.29, 1.82) is 0 Å². The van der Waals surface area contributed by atoms with Gasteiger partial charge in [-0.2, -0.15) is 13.2 Å². The fourth-order valence-corrected chi connectivity index (χ4v) is 2.49. The molecular weight excluding hydrogens is 333 g/mol. The number of alkyl halides is 3. The van der Waals surface area contributed by atoms with Crippen molar-refractivity contribution >= 4 is 28.1 Å². The molecule has 2 aromatic carbocycles. The zero-order valence-corrected chi connectivity index (χ0v) is 13.5. The average Bonchev–Trinajstić information content (AvgIpc) is 2.59. The summed E-state index contributed by atoms with van der Waals surface area (Å²) in [6.45, 7) is 0. The van der Waals surface area contributed by atoms with E-state index in [4.69, 9.17) is 10.5 Å². The lowest BCUT2D eigenvalue weighted by molar-refractivity contribution is -0.144. The SMILES string of the molecule is COc1ccc(N(C)c2nc(C(F)(F)F)nc3ccccc23)cc1N. The molecule has 0 aliphatic carbocycles. The molecule has 25 heavy (non-hydrogen) atoms. The third-order valence-electron chi connectivity index (χ3n) is 3.75. The predicted octanol–water partition coefficient (Wildman–Crippen LogP) is 4.01. The number of aromatic nitrogens is 2. The number of benzene rings is 2. The monoisotopic (exact) mass is 348 g/mol. The lowest BCUT2D eigenvalue weighted by Crippen LogP contribution is -2.17. The van der Waals surface area contributed by atoms with Crippen molar-refractivity contribution < 1.29 is 17.9 Å². The van der Waals surface area contributed by atoms with Crippen molar-refractivity contribution in [2.24, 2.45) is 0 Å². The van der Waals surface area contributed by atoms with E-state index in [9.17, 15) is 13.2 Å². The van der Waals surface area contributed by atoms with Gasteiger partial charge in [0, 0.05) is 18.1 Å². The molecule has 3 rings (SSSR count). The number of halogens is 3. The molecule has 0 amide bonds. The Hall–Kier alpha value is -3.03. The van der Waals surface area contributed by atoms with Gasteiger partial charge in [0.1, 0.15) is 11.6 Å². The third-order valence-corrected chi connectivity index (χ3v) is 3.75. The Morgan fingerprint density at radius 2 is 1.80 bits per heavy atom. The van der Waals surface area contributed by atoms with Gasteiger partial charge < -0.3 is 15.4 Å². The smallest absolute Gasteiger partial charge is 0.451 e.